The zero-order valence-electron chi connectivity index (χ0n) is 21.2. The molecule has 194 valence electrons. The molecule has 3 N–H and O–H groups in total. The van der Waals surface area contributed by atoms with Crippen molar-refractivity contribution in [3.63, 3.8) is 0 Å². The smallest absolute Gasteiger partial charge is 0.306 e. The van der Waals surface area contributed by atoms with Gasteiger partial charge >= 0.3 is 5.97 Å². The number of primary amides is 1. The molecule has 0 spiro atoms. The minimum Gasteiger partial charge on any atom is -0.497 e. The Morgan fingerprint density at radius 1 is 1.14 bits per heavy atom. The number of rotatable bonds is 11. The molecule has 0 saturated heterocycles. The molecule has 0 aromatic heterocycles. The molecule has 1 aliphatic heterocycles. The predicted molar refractivity (Wildman–Crippen MR) is 134 cm³/mol. The monoisotopic (exact) mass is 498 g/mol. The fraction of sp³-hybridized carbons (Fsp3) is 0.444. The Hall–Kier alpha value is -3.59. The molecular weight excluding hydrogens is 464 g/mol. The number of nitrogens with zero attached hydrogens (tertiary/aromatic N) is 1. The van der Waals surface area contributed by atoms with Gasteiger partial charge in [-0.2, -0.15) is 0 Å². The molecule has 0 bridgehead atoms. The summed E-state index contributed by atoms with van der Waals surface area (Å²) in [7, 11) is 1.55. The summed E-state index contributed by atoms with van der Waals surface area (Å²) < 4.78 is 22.6. The van der Waals surface area contributed by atoms with Gasteiger partial charge in [0.25, 0.3) is 0 Å². The van der Waals surface area contributed by atoms with Crippen LogP contribution in [-0.4, -0.2) is 54.3 Å². The number of esters is 1. The molecule has 0 unspecified atom stereocenters. The number of carbonyl (C=O) groups is 2. The summed E-state index contributed by atoms with van der Waals surface area (Å²) >= 11 is 0. The van der Waals surface area contributed by atoms with Crippen molar-refractivity contribution in [3.8, 4) is 11.5 Å². The minimum atomic E-state index is -1.53. The number of aliphatic imine (C=N–C) groups is 1. The van der Waals surface area contributed by atoms with Crippen LogP contribution < -0.4 is 15.2 Å². The van der Waals surface area contributed by atoms with Crippen LogP contribution in [0.4, 0.5) is 0 Å². The Labute approximate surface area is 211 Å². The van der Waals surface area contributed by atoms with Gasteiger partial charge in [0.2, 0.25) is 11.8 Å². The molecule has 2 atom stereocenters. The zero-order valence-corrected chi connectivity index (χ0v) is 21.2. The molecule has 1 aliphatic rings. The fourth-order valence-corrected chi connectivity index (χ4v) is 3.88. The Morgan fingerprint density at radius 3 is 2.47 bits per heavy atom. The quantitative estimate of drug-likeness (QED) is 0.359. The summed E-state index contributed by atoms with van der Waals surface area (Å²) in [5, 5.41) is 8.92. The third-order valence-corrected chi connectivity index (χ3v) is 5.59. The van der Waals surface area contributed by atoms with Gasteiger partial charge in [0, 0.05) is 25.0 Å². The molecule has 0 aliphatic carbocycles. The summed E-state index contributed by atoms with van der Waals surface area (Å²) in [5.41, 5.74) is 4.99. The second kappa shape index (κ2) is 11.4. The number of hydrogen-bond acceptors (Lipinski definition) is 8. The number of aliphatic hydroxyl groups is 1. The van der Waals surface area contributed by atoms with E-state index >= 15 is 0 Å². The van der Waals surface area contributed by atoms with Gasteiger partial charge in [-0.1, -0.05) is 12.1 Å². The number of ether oxygens (including phenoxy) is 4. The van der Waals surface area contributed by atoms with Gasteiger partial charge in [-0.15, -0.1) is 0 Å². The van der Waals surface area contributed by atoms with Crippen molar-refractivity contribution in [3.05, 3.63) is 59.7 Å². The van der Waals surface area contributed by atoms with E-state index in [1.54, 1.807) is 76.4 Å². The lowest BCUT2D eigenvalue weighted by Gasteiger charge is -2.29. The average molecular weight is 499 g/mol. The largest absolute Gasteiger partial charge is 0.497 e. The van der Waals surface area contributed by atoms with Gasteiger partial charge in [-0.25, -0.2) is 4.99 Å². The number of hydrogen-bond donors (Lipinski definition) is 2. The lowest BCUT2D eigenvalue weighted by Crippen LogP contribution is -2.46. The van der Waals surface area contributed by atoms with Crippen LogP contribution in [0, 0.1) is 0 Å². The van der Waals surface area contributed by atoms with Crippen molar-refractivity contribution < 1.29 is 33.6 Å². The molecule has 2 aromatic rings. The van der Waals surface area contributed by atoms with Crippen molar-refractivity contribution in [2.45, 2.75) is 57.3 Å². The molecule has 1 heterocycles. The first-order chi connectivity index (χ1) is 17.1. The normalized spacial score (nSPS) is 19.2. The maximum absolute atomic E-state index is 12.9. The number of aliphatic hydroxyl groups excluding tert-OH is 1. The lowest BCUT2D eigenvalue weighted by molar-refractivity contribution is -0.155. The van der Waals surface area contributed by atoms with Crippen LogP contribution in [0.15, 0.2) is 53.5 Å². The summed E-state index contributed by atoms with van der Waals surface area (Å²) in [6.07, 6.45) is -0.412. The molecule has 9 nitrogen and oxygen atoms in total. The molecule has 36 heavy (non-hydrogen) atoms. The maximum atomic E-state index is 12.9. The predicted octanol–water partition coefficient (Wildman–Crippen LogP) is 3.32. The van der Waals surface area contributed by atoms with Crippen molar-refractivity contribution in [2.24, 2.45) is 10.7 Å². The molecule has 0 radical (unpaired) electrons. The standard InChI is InChI=1S/C27H34N2O7/c1-26(2,3)36-22(31)13-14-27(25(28)32)23(19-7-5-8-21(17-19)33-4)35-24(29-27)18-9-11-20(12-10-18)34-16-6-15-30/h5,7-12,17,23,30H,6,13-16H2,1-4H3,(H2,28,32)/t23-,27-/m1/s1. The maximum Gasteiger partial charge on any atom is 0.306 e. The van der Waals surface area contributed by atoms with E-state index in [1.807, 2.05) is 0 Å². The molecule has 2 aromatic carbocycles. The average Bonchev–Trinajstić information content (AvgIpc) is 3.23. The number of nitrogens with two attached hydrogens (primary N) is 1. The first-order valence-corrected chi connectivity index (χ1v) is 11.8. The van der Waals surface area contributed by atoms with Crippen molar-refractivity contribution >= 4 is 17.8 Å². The van der Waals surface area contributed by atoms with Gasteiger partial charge in [0.05, 0.1) is 13.7 Å². The molecule has 0 fully saturated rings. The van der Waals surface area contributed by atoms with Gasteiger partial charge < -0.3 is 29.8 Å². The first kappa shape index (κ1) is 27.0. The van der Waals surface area contributed by atoms with Crippen molar-refractivity contribution in [1.29, 1.82) is 0 Å². The Balaban J connectivity index is 1.95. The van der Waals surface area contributed by atoms with E-state index in [1.165, 1.54) is 0 Å². The van der Waals surface area contributed by atoms with Crippen LogP contribution in [0.2, 0.25) is 0 Å². The summed E-state index contributed by atoms with van der Waals surface area (Å²) in [5.74, 6) is 0.270. The van der Waals surface area contributed by atoms with Gasteiger partial charge in [0.15, 0.2) is 11.6 Å². The lowest BCUT2D eigenvalue weighted by atomic mass is 9.83. The second-order valence-corrected chi connectivity index (χ2v) is 9.52. The second-order valence-electron chi connectivity index (χ2n) is 9.52. The van der Waals surface area contributed by atoms with Gasteiger partial charge in [0.1, 0.15) is 17.1 Å². The van der Waals surface area contributed by atoms with E-state index in [0.717, 1.165) is 0 Å². The van der Waals surface area contributed by atoms with Crippen LogP contribution in [0.3, 0.4) is 0 Å². The van der Waals surface area contributed by atoms with Gasteiger partial charge in [-0.3, -0.25) is 9.59 Å². The number of benzene rings is 2. The van der Waals surface area contributed by atoms with Crippen LogP contribution >= 0.6 is 0 Å². The SMILES string of the molecule is COc1cccc([C@H]2OC(c3ccc(OCCCO)cc3)=N[C@@]2(CCC(=O)OC(C)(C)C)C(N)=O)c1. The molecular formula is C27H34N2O7. The Kier molecular flexibility index (Phi) is 8.57. The zero-order chi connectivity index (χ0) is 26.3. The van der Waals surface area contributed by atoms with E-state index in [-0.39, 0.29) is 25.3 Å². The van der Waals surface area contributed by atoms with E-state index < -0.39 is 29.1 Å². The molecule has 1 amide bonds. The number of methoxy groups -OCH3 is 1. The highest BCUT2D eigenvalue weighted by Gasteiger charge is 2.52. The Bertz CT molecular complexity index is 1090. The number of carbonyl (C=O) groups excluding carboxylic acids is 2. The van der Waals surface area contributed by atoms with E-state index in [9.17, 15) is 9.59 Å². The Morgan fingerprint density at radius 2 is 1.86 bits per heavy atom. The molecule has 9 heteroatoms. The molecule has 0 saturated carbocycles. The van der Waals surface area contributed by atoms with E-state index in [4.69, 9.17) is 29.8 Å². The molecule has 3 rings (SSSR count). The third kappa shape index (κ3) is 6.54. The number of amides is 1. The van der Waals surface area contributed by atoms with Crippen LogP contribution in [0.5, 0.6) is 11.5 Å². The van der Waals surface area contributed by atoms with Crippen molar-refractivity contribution in [2.75, 3.05) is 20.3 Å². The van der Waals surface area contributed by atoms with Gasteiger partial charge in [-0.05, 0) is 69.2 Å². The highest BCUT2D eigenvalue weighted by atomic mass is 16.6. The highest BCUT2D eigenvalue weighted by molar-refractivity contribution is 6.00. The van der Waals surface area contributed by atoms with E-state index in [2.05, 4.69) is 4.99 Å². The summed E-state index contributed by atoms with van der Waals surface area (Å²) in [4.78, 5) is 30.1. The topological polar surface area (TPSA) is 130 Å². The van der Waals surface area contributed by atoms with Crippen LogP contribution in [0.25, 0.3) is 0 Å². The summed E-state index contributed by atoms with van der Waals surface area (Å²) in [6.45, 7) is 5.77. The van der Waals surface area contributed by atoms with Crippen molar-refractivity contribution in [1.82, 2.24) is 0 Å². The van der Waals surface area contributed by atoms with Crippen LogP contribution in [-0.2, 0) is 19.1 Å². The first-order valence-electron chi connectivity index (χ1n) is 11.8. The third-order valence-electron chi connectivity index (χ3n) is 5.59. The minimum absolute atomic E-state index is 0.00494. The fourth-order valence-electron chi connectivity index (χ4n) is 3.88. The van der Waals surface area contributed by atoms with E-state index in [0.29, 0.717) is 35.7 Å². The van der Waals surface area contributed by atoms with Crippen LogP contribution in [0.1, 0.15) is 57.3 Å². The summed E-state index contributed by atoms with van der Waals surface area (Å²) in [6, 6.07) is 14.2. The highest BCUT2D eigenvalue weighted by Crippen LogP contribution is 2.43.